The van der Waals surface area contributed by atoms with Crippen LogP contribution in [-0.2, 0) is 9.53 Å². The van der Waals surface area contributed by atoms with Gasteiger partial charge >= 0.3 is 12.6 Å². The molecule has 0 aliphatic carbocycles. The van der Waals surface area contributed by atoms with Gasteiger partial charge in [0.25, 0.3) is 5.91 Å². The number of amides is 1. The fourth-order valence-electron chi connectivity index (χ4n) is 1.75. The molecular formula is C16H12F2INO4. The summed E-state index contributed by atoms with van der Waals surface area (Å²) in [5.74, 6) is -1.17. The predicted molar refractivity (Wildman–Crippen MR) is 91.1 cm³/mol. The van der Waals surface area contributed by atoms with Gasteiger partial charge in [-0.25, -0.2) is 4.79 Å². The molecule has 1 amide bonds. The van der Waals surface area contributed by atoms with E-state index in [1.165, 1.54) is 24.3 Å². The Morgan fingerprint density at radius 3 is 2.38 bits per heavy atom. The molecule has 0 atom stereocenters. The van der Waals surface area contributed by atoms with Crippen molar-refractivity contribution in [3.63, 3.8) is 0 Å². The van der Waals surface area contributed by atoms with Crippen LogP contribution in [0.25, 0.3) is 0 Å². The SMILES string of the molecule is O=C(COC(=O)c1ccccc1I)Nc1ccc(OC(F)F)cc1. The largest absolute Gasteiger partial charge is 0.452 e. The number of benzene rings is 2. The van der Waals surface area contributed by atoms with Gasteiger partial charge in [-0.3, -0.25) is 4.79 Å². The van der Waals surface area contributed by atoms with Gasteiger partial charge < -0.3 is 14.8 Å². The smallest absolute Gasteiger partial charge is 0.387 e. The van der Waals surface area contributed by atoms with Crippen LogP contribution in [0.2, 0.25) is 0 Å². The van der Waals surface area contributed by atoms with Crippen molar-refractivity contribution < 1.29 is 27.8 Å². The summed E-state index contributed by atoms with van der Waals surface area (Å²) in [4.78, 5) is 23.6. The van der Waals surface area contributed by atoms with Crippen LogP contribution < -0.4 is 10.1 Å². The summed E-state index contributed by atoms with van der Waals surface area (Å²) in [7, 11) is 0. The molecule has 0 spiro atoms. The van der Waals surface area contributed by atoms with E-state index in [-0.39, 0.29) is 5.75 Å². The zero-order valence-corrected chi connectivity index (χ0v) is 14.3. The molecule has 126 valence electrons. The molecule has 0 bridgehead atoms. The third-order valence-electron chi connectivity index (χ3n) is 2.79. The van der Waals surface area contributed by atoms with E-state index in [1.54, 1.807) is 24.3 Å². The summed E-state index contributed by atoms with van der Waals surface area (Å²) in [5, 5.41) is 2.48. The van der Waals surface area contributed by atoms with E-state index < -0.39 is 25.1 Å². The van der Waals surface area contributed by atoms with Crippen LogP contribution in [0.3, 0.4) is 0 Å². The second-order valence-corrected chi connectivity index (χ2v) is 5.67. The Bertz CT molecular complexity index is 722. The van der Waals surface area contributed by atoms with Crippen molar-refractivity contribution in [1.82, 2.24) is 0 Å². The first-order chi connectivity index (χ1) is 11.5. The normalized spacial score (nSPS) is 10.3. The van der Waals surface area contributed by atoms with E-state index in [1.807, 2.05) is 22.6 Å². The second-order valence-electron chi connectivity index (χ2n) is 4.51. The van der Waals surface area contributed by atoms with Gasteiger partial charge in [0.1, 0.15) is 5.75 Å². The maximum Gasteiger partial charge on any atom is 0.387 e. The predicted octanol–water partition coefficient (Wildman–Crippen LogP) is 3.69. The quantitative estimate of drug-likeness (QED) is 0.542. The monoisotopic (exact) mass is 447 g/mol. The average molecular weight is 447 g/mol. The number of carbonyl (C=O) groups is 2. The highest BCUT2D eigenvalue weighted by atomic mass is 127. The molecule has 0 aromatic heterocycles. The molecule has 0 unspecified atom stereocenters. The molecule has 1 N–H and O–H groups in total. The van der Waals surface area contributed by atoms with E-state index in [2.05, 4.69) is 10.1 Å². The minimum Gasteiger partial charge on any atom is -0.452 e. The number of hydrogen-bond donors (Lipinski definition) is 1. The van der Waals surface area contributed by atoms with E-state index in [4.69, 9.17) is 4.74 Å². The van der Waals surface area contributed by atoms with Crippen molar-refractivity contribution in [2.75, 3.05) is 11.9 Å². The number of rotatable bonds is 6. The topological polar surface area (TPSA) is 64.6 Å². The van der Waals surface area contributed by atoms with E-state index >= 15 is 0 Å². The second kappa shape index (κ2) is 8.57. The van der Waals surface area contributed by atoms with E-state index in [0.29, 0.717) is 11.3 Å². The maximum atomic E-state index is 12.0. The molecule has 0 saturated carbocycles. The highest BCUT2D eigenvalue weighted by Crippen LogP contribution is 2.17. The standard InChI is InChI=1S/C16H12F2INO4/c17-16(18)24-11-7-5-10(6-8-11)20-14(21)9-23-15(22)12-3-1-2-4-13(12)19/h1-8,16H,9H2,(H,20,21). The van der Waals surface area contributed by atoms with Crippen LogP contribution >= 0.6 is 22.6 Å². The lowest BCUT2D eigenvalue weighted by Crippen LogP contribution is -2.21. The Morgan fingerprint density at radius 1 is 1.08 bits per heavy atom. The summed E-state index contributed by atoms with van der Waals surface area (Å²) in [6.45, 7) is -3.37. The Kier molecular flexibility index (Phi) is 6.47. The first kappa shape index (κ1) is 18.1. The van der Waals surface area contributed by atoms with Gasteiger partial charge in [0, 0.05) is 9.26 Å². The lowest BCUT2D eigenvalue weighted by molar-refractivity contribution is -0.119. The number of anilines is 1. The average Bonchev–Trinajstić information content (AvgIpc) is 2.54. The number of nitrogens with one attached hydrogen (secondary N) is 1. The van der Waals surface area contributed by atoms with E-state index in [9.17, 15) is 18.4 Å². The van der Waals surface area contributed by atoms with Crippen LogP contribution in [-0.4, -0.2) is 25.1 Å². The molecule has 0 aliphatic heterocycles. The van der Waals surface area contributed by atoms with Crippen molar-refractivity contribution in [3.05, 3.63) is 57.7 Å². The summed E-state index contributed by atoms with van der Waals surface area (Å²) in [6, 6.07) is 12.2. The number of carbonyl (C=O) groups excluding carboxylic acids is 2. The van der Waals surface area contributed by atoms with Gasteiger partial charge in [0.05, 0.1) is 5.56 Å². The minimum absolute atomic E-state index is 0.0203. The van der Waals surface area contributed by atoms with Gasteiger partial charge in [0.15, 0.2) is 6.61 Å². The first-order valence-corrected chi connectivity index (χ1v) is 7.80. The van der Waals surface area contributed by atoms with Gasteiger partial charge in [0.2, 0.25) is 0 Å². The molecule has 0 heterocycles. The van der Waals surface area contributed by atoms with Gasteiger partial charge in [-0.05, 0) is 59.0 Å². The fourth-order valence-corrected chi connectivity index (χ4v) is 2.36. The van der Waals surface area contributed by atoms with Crippen molar-refractivity contribution in [2.45, 2.75) is 6.61 Å². The first-order valence-electron chi connectivity index (χ1n) is 6.72. The molecule has 0 aliphatic rings. The van der Waals surface area contributed by atoms with Crippen molar-refractivity contribution in [1.29, 1.82) is 0 Å². The van der Waals surface area contributed by atoms with Gasteiger partial charge in [-0.15, -0.1) is 0 Å². The summed E-state index contributed by atoms with van der Waals surface area (Å²) in [5.41, 5.74) is 0.742. The molecule has 0 saturated heterocycles. The molecule has 8 heteroatoms. The summed E-state index contributed by atoms with van der Waals surface area (Å²) >= 11 is 2.00. The van der Waals surface area contributed by atoms with Crippen molar-refractivity contribution in [3.8, 4) is 5.75 Å². The fraction of sp³-hybridized carbons (Fsp3) is 0.125. The van der Waals surface area contributed by atoms with Crippen LogP contribution in [0.5, 0.6) is 5.75 Å². The highest BCUT2D eigenvalue weighted by molar-refractivity contribution is 14.1. The molecule has 2 rings (SSSR count). The molecule has 0 radical (unpaired) electrons. The third-order valence-corrected chi connectivity index (χ3v) is 3.73. The third kappa shape index (κ3) is 5.44. The Labute approximate surface area is 150 Å². The lowest BCUT2D eigenvalue weighted by Gasteiger charge is -2.08. The Morgan fingerprint density at radius 2 is 1.75 bits per heavy atom. The van der Waals surface area contributed by atoms with Crippen LogP contribution in [0.1, 0.15) is 10.4 Å². The Balaban J connectivity index is 1.85. The number of ether oxygens (including phenoxy) is 2. The molecule has 2 aromatic carbocycles. The number of alkyl halides is 2. The molecule has 24 heavy (non-hydrogen) atoms. The summed E-state index contributed by atoms with van der Waals surface area (Å²) < 4.78 is 33.9. The highest BCUT2D eigenvalue weighted by Gasteiger charge is 2.13. The number of hydrogen-bond acceptors (Lipinski definition) is 4. The Hall–Kier alpha value is -2.23. The van der Waals surface area contributed by atoms with Crippen LogP contribution in [0.15, 0.2) is 48.5 Å². The molecule has 5 nitrogen and oxygen atoms in total. The van der Waals surface area contributed by atoms with E-state index in [0.717, 1.165) is 3.57 Å². The van der Waals surface area contributed by atoms with Crippen LogP contribution in [0, 0.1) is 3.57 Å². The lowest BCUT2D eigenvalue weighted by atomic mass is 10.2. The zero-order valence-electron chi connectivity index (χ0n) is 12.2. The van der Waals surface area contributed by atoms with Gasteiger partial charge in [-0.1, -0.05) is 12.1 Å². The number of halogens is 3. The molecule has 2 aromatic rings. The molecule has 0 fully saturated rings. The maximum absolute atomic E-state index is 12.0. The summed E-state index contributed by atoms with van der Waals surface area (Å²) in [6.07, 6.45) is 0. The number of esters is 1. The van der Waals surface area contributed by atoms with Gasteiger partial charge in [-0.2, -0.15) is 8.78 Å². The minimum atomic E-state index is -2.91. The molecular weight excluding hydrogens is 435 g/mol. The van der Waals surface area contributed by atoms with Crippen LogP contribution in [0.4, 0.5) is 14.5 Å². The van der Waals surface area contributed by atoms with Crippen molar-refractivity contribution in [2.24, 2.45) is 0 Å². The zero-order chi connectivity index (χ0) is 17.5. The van der Waals surface area contributed by atoms with Crippen molar-refractivity contribution >= 4 is 40.2 Å².